The van der Waals surface area contributed by atoms with Crippen molar-refractivity contribution in [1.82, 2.24) is 20.2 Å². The third-order valence-electron chi connectivity index (χ3n) is 6.11. The number of nitrogens with one attached hydrogen (secondary N) is 2. The average Bonchev–Trinajstić information content (AvgIpc) is 3.42. The summed E-state index contributed by atoms with van der Waals surface area (Å²) in [5.41, 5.74) is 2.31. The Morgan fingerprint density at radius 1 is 1.33 bits per heavy atom. The molecule has 1 fully saturated rings. The van der Waals surface area contributed by atoms with Crippen LogP contribution < -0.4 is 10.1 Å². The fraction of sp³-hybridized carbons (Fsp3) is 0.522. The lowest BCUT2D eigenvalue weighted by atomic mass is 9.91. The van der Waals surface area contributed by atoms with Crippen LogP contribution in [-0.2, 0) is 6.42 Å². The SMILES string of the molecule is C[C@@H]1Cc2c([nH]c3ccccc23)[C@@H](c2ncc(O[C@@H]3CCNC3)s2)N1CC(C)(C)F. The number of benzene rings is 1. The molecule has 0 unspecified atom stereocenters. The highest BCUT2D eigenvalue weighted by Gasteiger charge is 2.40. The van der Waals surface area contributed by atoms with E-state index in [1.807, 2.05) is 6.20 Å². The first kappa shape index (κ1) is 20.0. The molecular weight excluding hydrogens is 399 g/mol. The van der Waals surface area contributed by atoms with Crippen molar-refractivity contribution in [1.29, 1.82) is 0 Å². The molecule has 3 atom stereocenters. The molecule has 2 aliphatic rings. The van der Waals surface area contributed by atoms with Crippen LogP contribution in [0.25, 0.3) is 10.9 Å². The van der Waals surface area contributed by atoms with Crippen molar-refractivity contribution in [3.63, 3.8) is 0 Å². The number of aromatic amines is 1. The summed E-state index contributed by atoms with van der Waals surface area (Å²) in [5.74, 6) is 0. The number of thiazole rings is 1. The molecular formula is C23H29FN4OS. The fourth-order valence-corrected chi connectivity index (χ4v) is 5.77. The van der Waals surface area contributed by atoms with Gasteiger partial charge in [0.15, 0.2) is 5.06 Å². The quantitative estimate of drug-likeness (QED) is 0.630. The van der Waals surface area contributed by atoms with E-state index in [9.17, 15) is 4.39 Å². The summed E-state index contributed by atoms with van der Waals surface area (Å²) in [4.78, 5) is 10.7. The number of halogens is 1. The van der Waals surface area contributed by atoms with E-state index in [0.717, 1.165) is 47.2 Å². The largest absolute Gasteiger partial charge is 0.478 e. The first-order chi connectivity index (χ1) is 14.4. The number of hydrogen-bond donors (Lipinski definition) is 2. The Morgan fingerprint density at radius 3 is 2.93 bits per heavy atom. The summed E-state index contributed by atoms with van der Waals surface area (Å²) in [7, 11) is 0. The van der Waals surface area contributed by atoms with Gasteiger partial charge in [-0.3, -0.25) is 4.90 Å². The van der Waals surface area contributed by atoms with E-state index in [4.69, 9.17) is 9.72 Å². The average molecular weight is 429 g/mol. The smallest absolute Gasteiger partial charge is 0.194 e. The molecule has 3 aromatic rings. The predicted molar refractivity (Wildman–Crippen MR) is 119 cm³/mol. The molecule has 0 spiro atoms. The number of para-hydroxylation sites is 1. The number of rotatable bonds is 5. The summed E-state index contributed by atoms with van der Waals surface area (Å²) in [6.45, 7) is 7.73. The Balaban J connectivity index is 1.56. The Bertz CT molecular complexity index is 1030. The van der Waals surface area contributed by atoms with Gasteiger partial charge in [-0.05, 0) is 51.8 Å². The van der Waals surface area contributed by atoms with Crippen LogP contribution in [-0.4, -0.2) is 52.3 Å². The van der Waals surface area contributed by atoms with E-state index in [1.54, 1.807) is 25.2 Å². The van der Waals surface area contributed by atoms with Crippen LogP contribution >= 0.6 is 11.3 Å². The second-order valence-corrected chi connectivity index (χ2v) is 10.2. The van der Waals surface area contributed by atoms with E-state index in [-0.39, 0.29) is 18.2 Å². The number of alkyl halides is 1. The number of aromatic nitrogens is 2. The van der Waals surface area contributed by atoms with Crippen molar-refractivity contribution in [2.75, 3.05) is 19.6 Å². The first-order valence-electron chi connectivity index (χ1n) is 10.8. The molecule has 2 aliphatic heterocycles. The number of nitrogens with zero attached hydrogens (tertiary/aromatic N) is 2. The Kier molecular flexibility index (Phi) is 5.08. The molecule has 0 bridgehead atoms. The molecule has 30 heavy (non-hydrogen) atoms. The van der Waals surface area contributed by atoms with Crippen LogP contribution in [0.15, 0.2) is 30.5 Å². The lowest BCUT2D eigenvalue weighted by molar-refractivity contribution is 0.0667. The van der Waals surface area contributed by atoms with Crippen molar-refractivity contribution >= 4 is 22.2 Å². The van der Waals surface area contributed by atoms with Crippen LogP contribution in [0.2, 0.25) is 0 Å². The Labute approximate surface area is 180 Å². The van der Waals surface area contributed by atoms with E-state index in [1.165, 1.54) is 10.9 Å². The number of fused-ring (bicyclic) bond motifs is 3. The highest BCUT2D eigenvalue weighted by Crippen LogP contribution is 2.43. The zero-order valence-corrected chi connectivity index (χ0v) is 18.6. The second kappa shape index (κ2) is 7.62. The van der Waals surface area contributed by atoms with Crippen molar-refractivity contribution < 1.29 is 9.13 Å². The third-order valence-corrected chi connectivity index (χ3v) is 7.05. The first-order valence-corrected chi connectivity index (χ1v) is 11.6. The van der Waals surface area contributed by atoms with Gasteiger partial charge in [0, 0.05) is 35.7 Å². The molecule has 2 N–H and O–H groups in total. The summed E-state index contributed by atoms with van der Waals surface area (Å²) in [6, 6.07) is 8.53. The number of ether oxygens (including phenoxy) is 1. The molecule has 5 nitrogen and oxygen atoms in total. The molecule has 160 valence electrons. The van der Waals surface area contributed by atoms with Gasteiger partial charge in [-0.1, -0.05) is 29.5 Å². The molecule has 4 heterocycles. The van der Waals surface area contributed by atoms with Gasteiger partial charge < -0.3 is 15.0 Å². The minimum Gasteiger partial charge on any atom is -0.478 e. The highest BCUT2D eigenvalue weighted by molar-refractivity contribution is 7.13. The summed E-state index contributed by atoms with van der Waals surface area (Å²) >= 11 is 1.59. The molecule has 0 radical (unpaired) electrons. The Morgan fingerprint density at radius 2 is 2.17 bits per heavy atom. The van der Waals surface area contributed by atoms with Crippen molar-refractivity contribution in [2.24, 2.45) is 0 Å². The lowest BCUT2D eigenvalue weighted by Crippen LogP contribution is -2.47. The monoisotopic (exact) mass is 428 g/mol. The van der Waals surface area contributed by atoms with Gasteiger partial charge >= 0.3 is 0 Å². The van der Waals surface area contributed by atoms with Gasteiger partial charge in [-0.25, -0.2) is 9.37 Å². The second-order valence-electron chi connectivity index (χ2n) is 9.16. The van der Waals surface area contributed by atoms with Gasteiger partial charge in [0.05, 0.1) is 6.20 Å². The van der Waals surface area contributed by atoms with E-state index in [0.29, 0.717) is 6.54 Å². The molecule has 2 aromatic heterocycles. The van der Waals surface area contributed by atoms with Gasteiger partial charge in [0.25, 0.3) is 0 Å². The Hall–Kier alpha value is -1.96. The third kappa shape index (κ3) is 3.74. The summed E-state index contributed by atoms with van der Waals surface area (Å²) in [5, 5.41) is 6.39. The van der Waals surface area contributed by atoms with Gasteiger partial charge in [0.2, 0.25) is 0 Å². The van der Waals surface area contributed by atoms with Crippen LogP contribution in [0.1, 0.15) is 49.5 Å². The van der Waals surface area contributed by atoms with Gasteiger partial charge in [-0.2, -0.15) is 0 Å². The number of hydrogen-bond acceptors (Lipinski definition) is 5. The zero-order chi connectivity index (χ0) is 20.9. The van der Waals surface area contributed by atoms with E-state index >= 15 is 0 Å². The van der Waals surface area contributed by atoms with Crippen LogP contribution in [0.3, 0.4) is 0 Å². The minimum atomic E-state index is -1.29. The normalized spacial score (nSPS) is 25.0. The fourth-order valence-electron chi connectivity index (χ4n) is 4.80. The molecule has 0 amide bonds. The van der Waals surface area contributed by atoms with E-state index in [2.05, 4.69) is 46.4 Å². The van der Waals surface area contributed by atoms with Crippen LogP contribution in [0.5, 0.6) is 5.06 Å². The summed E-state index contributed by atoms with van der Waals surface area (Å²) in [6.07, 6.45) is 3.95. The molecule has 5 rings (SSSR count). The molecule has 7 heteroatoms. The number of H-pyrrole nitrogens is 1. The molecule has 0 saturated carbocycles. The lowest BCUT2D eigenvalue weighted by Gasteiger charge is -2.41. The molecule has 1 saturated heterocycles. The highest BCUT2D eigenvalue weighted by atomic mass is 32.1. The van der Waals surface area contributed by atoms with Crippen molar-refractivity contribution in [3.8, 4) is 5.06 Å². The topological polar surface area (TPSA) is 53.2 Å². The minimum absolute atomic E-state index is 0.102. The molecule has 1 aromatic carbocycles. The summed E-state index contributed by atoms with van der Waals surface area (Å²) < 4.78 is 20.9. The van der Waals surface area contributed by atoms with Gasteiger partial charge in [0.1, 0.15) is 22.8 Å². The maximum atomic E-state index is 14.8. The van der Waals surface area contributed by atoms with Gasteiger partial charge in [-0.15, -0.1) is 0 Å². The maximum Gasteiger partial charge on any atom is 0.194 e. The van der Waals surface area contributed by atoms with Crippen LogP contribution in [0, 0.1) is 0 Å². The van der Waals surface area contributed by atoms with Crippen LogP contribution in [0.4, 0.5) is 4.39 Å². The standard InChI is InChI=1S/C23H29FN4OS/c1-14-10-17-16-6-4-5-7-18(16)27-20(17)21(28(14)13-23(2,3)24)22-26-12-19(30-22)29-15-8-9-25-11-15/h4-7,12,14-15,21,25,27H,8-11,13H2,1-3H3/t14-,15-,21+/m1/s1. The zero-order valence-electron chi connectivity index (χ0n) is 17.7. The van der Waals surface area contributed by atoms with Crippen molar-refractivity contribution in [2.45, 2.75) is 57.5 Å². The molecule has 0 aliphatic carbocycles. The van der Waals surface area contributed by atoms with Crippen molar-refractivity contribution in [3.05, 3.63) is 46.7 Å². The van der Waals surface area contributed by atoms with E-state index < -0.39 is 5.67 Å². The maximum absolute atomic E-state index is 14.8. The predicted octanol–water partition coefficient (Wildman–Crippen LogP) is 4.45.